The maximum atomic E-state index is 13.3. The van der Waals surface area contributed by atoms with Crippen molar-refractivity contribution in [1.82, 2.24) is 15.0 Å². The molecule has 0 radical (unpaired) electrons. The van der Waals surface area contributed by atoms with Crippen LogP contribution in [0, 0.1) is 5.92 Å². The van der Waals surface area contributed by atoms with Crippen LogP contribution in [0.25, 0.3) is 10.3 Å². The first kappa shape index (κ1) is 24.3. The van der Waals surface area contributed by atoms with Crippen LogP contribution in [-0.2, 0) is 17.7 Å². The molecule has 184 valence electrons. The molecule has 4 heterocycles. The highest BCUT2D eigenvalue weighted by atomic mass is 79.9. The lowest BCUT2D eigenvalue weighted by Gasteiger charge is -2.31. The van der Waals surface area contributed by atoms with E-state index < -0.39 is 5.97 Å². The third kappa shape index (κ3) is 5.10. The number of thiazole rings is 1. The number of carbonyl (C=O) groups excluding carboxylic acids is 2. The highest BCUT2D eigenvalue weighted by Crippen LogP contribution is 2.29. The highest BCUT2D eigenvalue weighted by molar-refractivity contribution is 9.10. The van der Waals surface area contributed by atoms with E-state index in [1.54, 1.807) is 6.20 Å². The zero-order chi connectivity index (χ0) is 25.2. The molecule has 1 N–H and O–H groups in total. The fourth-order valence-electron chi connectivity index (χ4n) is 4.04. The Kier molecular flexibility index (Phi) is 6.97. The maximum Gasteiger partial charge on any atom is 0.358 e. The zero-order valence-corrected chi connectivity index (χ0v) is 22.2. The summed E-state index contributed by atoms with van der Waals surface area (Å²) in [5.41, 5.74) is 3.66. The molecule has 0 atom stereocenters. The quantitative estimate of drug-likeness (QED) is 0.309. The van der Waals surface area contributed by atoms with Gasteiger partial charge in [-0.2, -0.15) is 0 Å². The fraction of sp³-hybridized carbons (Fsp3) is 0.269. The van der Waals surface area contributed by atoms with Gasteiger partial charge in [0, 0.05) is 24.8 Å². The number of hydrogen-bond donors (Lipinski definition) is 1. The van der Waals surface area contributed by atoms with E-state index in [0.717, 1.165) is 34.4 Å². The van der Waals surface area contributed by atoms with E-state index in [9.17, 15) is 9.59 Å². The number of esters is 1. The number of hydrogen-bond acceptors (Lipinski definition) is 8. The molecule has 10 heteroatoms. The van der Waals surface area contributed by atoms with Crippen molar-refractivity contribution in [2.75, 3.05) is 23.4 Å². The second-order valence-electron chi connectivity index (χ2n) is 8.91. The summed E-state index contributed by atoms with van der Waals surface area (Å²) >= 11 is 4.76. The molecule has 0 saturated carbocycles. The van der Waals surface area contributed by atoms with Crippen LogP contribution in [0.4, 0.5) is 10.9 Å². The first-order chi connectivity index (χ1) is 17.4. The lowest BCUT2D eigenvalue weighted by Crippen LogP contribution is -2.33. The number of anilines is 2. The minimum atomic E-state index is -0.458. The molecule has 0 bridgehead atoms. The summed E-state index contributed by atoms with van der Waals surface area (Å²) in [6, 6.07) is 13.1. The van der Waals surface area contributed by atoms with Crippen LogP contribution in [0.1, 0.15) is 45.8 Å². The van der Waals surface area contributed by atoms with Crippen LogP contribution in [0.5, 0.6) is 0 Å². The Balaban J connectivity index is 1.38. The Morgan fingerprint density at radius 3 is 2.83 bits per heavy atom. The molecule has 1 aliphatic heterocycles. The number of fused-ring (bicyclic) bond motifs is 2. The van der Waals surface area contributed by atoms with Crippen molar-refractivity contribution in [3.05, 3.63) is 75.5 Å². The van der Waals surface area contributed by atoms with Gasteiger partial charge in [-0.1, -0.05) is 37.3 Å². The predicted octanol–water partition coefficient (Wildman–Crippen LogP) is 5.48. The van der Waals surface area contributed by atoms with Gasteiger partial charge in [-0.05, 0) is 69.7 Å². The largest absolute Gasteiger partial charge is 0.461 e. The van der Waals surface area contributed by atoms with Crippen molar-refractivity contribution in [2.45, 2.75) is 26.8 Å². The molecule has 0 fully saturated rings. The van der Waals surface area contributed by atoms with Crippen molar-refractivity contribution >= 4 is 60.4 Å². The van der Waals surface area contributed by atoms with Crippen molar-refractivity contribution < 1.29 is 14.3 Å². The number of pyridine rings is 2. The number of benzene rings is 1. The first-order valence-corrected chi connectivity index (χ1v) is 13.2. The second-order valence-corrected chi connectivity index (χ2v) is 10.7. The molecule has 1 amide bonds. The summed E-state index contributed by atoms with van der Waals surface area (Å²) < 4.78 is 5.97. The molecule has 36 heavy (non-hydrogen) atoms. The molecule has 0 spiro atoms. The van der Waals surface area contributed by atoms with Crippen LogP contribution in [0.3, 0.4) is 0 Å². The minimum Gasteiger partial charge on any atom is -0.461 e. The Labute approximate surface area is 220 Å². The number of amides is 1. The van der Waals surface area contributed by atoms with E-state index in [1.807, 2.05) is 50.2 Å². The monoisotopic (exact) mass is 565 g/mol. The van der Waals surface area contributed by atoms with Crippen LogP contribution < -0.4 is 10.2 Å². The smallest absolute Gasteiger partial charge is 0.358 e. The van der Waals surface area contributed by atoms with Gasteiger partial charge in [0.05, 0.1) is 11.1 Å². The normalized spacial score (nSPS) is 13.1. The molecule has 3 aromatic heterocycles. The van der Waals surface area contributed by atoms with Crippen molar-refractivity contribution in [2.24, 2.45) is 5.92 Å². The number of carbonyl (C=O) groups is 2. The van der Waals surface area contributed by atoms with E-state index in [2.05, 4.69) is 47.2 Å². The van der Waals surface area contributed by atoms with Crippen LogP contribution >= 0.6 is 27.3 Å². The van der Waals surface area contributed by atoms with Gasteiger partial charge in [0.15, 0.2) is 10.8 Å². The highest BCUT2D eigenvalue weighted by Gasteiger charge is 2.25. The molecule has 0 aliphatic carbocycles. The Morgan fingerprint density at radius 2 is 2.03 bits per heavy atom. The fourth-order valence-corrected chi connectivity index (χ4v) is 5.22. The van der Waals surface area contributed by atoms with Crippen molar-refractivity contribution in [3.8, 4) is 0 Å². The van der Waals surface area contributed by atoms with E-state index in [4.69, 9.17) is 4.74 Å². The van der Waals surface area contributed by atoms with Gasteiger partial charge >= 0.3 is 5.97 Å². The Hall–Kier alpha value is -3.37. The molecular weight excluding hydrogens is 542 g/mol. The number of nitrogens with zero attached hydrogens (tertiary/aromatic N) is 4. The molecule has 0 saturated heterocycles. The van der Waals surface area contributed by atoms with E-state index in [1.165, 1.54) is 11.3 Å². The van der Waals surface area contributed by atoms with Crippen molar-refractivity contribution in [3.63, 3.8) is 0 Å². The number of halogens is 1. The van der Waals surface area contributed by atoms with Gasteiger partial charge in [0.1, 0.15) is 16.2 Å². The summed E-state index contributed by atoms with van der Waals surface area (Å²) in [6.07, 6.45) is 2.46. The molecule has 8 nitrogen and oxygen atoms in total. The lowest BCUT2D eigenvalue weighted by molar-refractivity contribution is 0.0451. The standard InChI is InChI=1S/C26H24BrN5O3S/c1-15(2)14-35-25(34)22-19(27)8-9-21(30-22)32-12-10-16-5-3-6-17(18(16)13-32)23(33)31-26-29-20-7-4-11-28-24(20)36-26/h3-9,11,15H,10,12-14H2,1-2H3,(H,29,31,33). The Bertz CT molecular complexity index is 1420. The van der Waals surface area contributed by atoms with E-state index >= 15 is 0 Å². The summed E-state index contributed by atoms with van der Waals surface area (Å²) in [6.45, 7) is 5.52. The van der Waals surface area contributed by atoms with Crippen molar-refractivity contribution in [1.29, 1.82) is 0 Å². The van der Waals surface area contributed by atoms with Crippen LogP contribution in [0.15, 0.2) is 53.1 Å². The third-order valence-electron chi connectivity index (χ3n) is 5.80. The van der Waals surface area contributed by atoms with Gasteiger partial charge < -0.3 is 9.64 Å². The third-order valence-corrected chi connectivity index (χ3v) is 7.34. The topological polar surface area (TPSA) is 97.3 Å². The van der Waals surface area contributed by atoms with E-state index in [0.29, 0.717) is 34.1 Å². The summed E-state index contributed by atoms with van der Waals surface area (Å²) in [7, 11) is 0. The predicted molar refractivity (Wildman–Crippen MR) is 144 cm³/mol. The first-order valence-electron chi connectivity index (χ1n) is 11.6. The summed E-state index contributed by atoms with van der Waals surface area (Å²) in [4.78, 5) is 42.1. The zero-order valence-electron chi connectivity index (χ0n) is 19.8. The number of aromatic nitrogens is 3. The molecule has 4 aromatic rings. The maximum absolute atomic E-state index is 13.3. The molecule has 5 rings (SSSR count). The second kappa shape index (κ2) is 10.3. The number of ether oxygens (including phenoxy) is 1. The molecule has 1 aromatic carbocycles. The average Bonchev–Trinajstić information content (AvgIpc) is 3.29. The van der Waals surface area contributed by atoms with Crippen LogP contribution in [0.2, 0.25) is 0 Å². The SMILES string of the molecule is CC(C)COC(=O)c1nc(N2CCc3cccc(C(=O)Nc4nc5cccnc5s4)c3C2)ccc1Br. The van der Waals surface area contributed by atoms with E-state index in [-0.39, 0.29) is 17.5 Å². The summed E-state index contributed by atoms with van der Waals surface area (Å²) in [5.74, 6) is 0.223. The van der Waals surface area contributed by atoms with Gasteiger partial charge in [0.25, 0.3) is 5.91 Å². The van der Waals surface area contributed by atoms with Gasteiger partial charge in [-0.25, -0.2) is 19.7 Å². The summed E-state index contributed by atoms with van der Waals surface area (Å²) in [5, 5.41) is 3.45. The van der Waals surface area contributed by atoms with Gasteiger partial charge in [-0.15, -0.1) is 0 Å². The molecular formula is C26H24BrN5O3S. The molecule has 1 aliphatic rings. The number of nitrogens with one attached hydrogen (secondary N) is 1. The van der Waals surface area contributed by atoms with Gasteiger partial charge in [0.2, 0.25) is 0 Å². The molecule has 0 unspecified atom stereocenters. The number of rotatable bonds is 6. The van der Waals surface area contributed by atoms with Crippen LogP contribution in [-0.4, -0.2) is 40.0 Å². The Morgan fingerprint density at radius 1 is 1.17 bits per heavy atom. The average molecular weight is 566 g/mol. The van der Waals surface area contributed by atoms with Gasteiger partial charge in [-0.3, -0.25) is 10.1 Å². The lowest BCUT2D eigenvalue weighted by atomic mass is 9.94. The minimum absolute atomic E-state index is 0.213.